The van der Waals surface area contributed by atoms with Crippen molar-refractivity contribution in [3.63, 3.8) is 0 Å². The second kappa shape index (κ2) is 10.5. The summed E-state index contributed by atoms with van der Waals surface area (Å²) in [7, 11) is 1.59. The van der Waals surface area contributed by atoms with Crippen molar-refractivity contribution in [1.29, 1.82) is 0 Å². The van der Waals surface area contributed by atoms with Crippen molar-refractivity contribution < 1.29 is 14.3 Å². The topological polar surface area (TPSA) is 64.2 Å². The van der Waals surface area contributed by atoms with Crippen LogP contribution in [0.5, 0.6) is 11.5 Å². The highest BCUT2D eigenvalue weighted by Gasteiger charge is 2.19. The number of nitrogens with one attached hydrogen (secondary N) is 1. The molecular weight excluding hydrogens is 472 g/mol. The average Bonchev–Trinajstić information content (AvgIpc) is 3.35. The largest absolute Gasteiger partial charge is 0.493 e. The van der Waals surface area contributed by atoms with Crippen molar-refractivity contribution in [3.05, 3.63) is 125 Å². The lowest BCUT2D eigenvalue weighted by molar-refractivity contribution is 0.105. The van der Waals surface area contributed by atoms with E-state index in [1.807, 2.05) is 72.8 Å². The molecule has 1 heterocycles. The van der Waals surface area contributed by atoms with Crippen molar-refractivity contribution in [3.8, 4) is 11.5 Å². The number of hydrogen-bond donors (Lipinski definition) is 1. The third-order valence-electron chi connectivity index (χ3n) is 5.71. The molecule has 0 aliphatic rings. The molecule has 4 aromatic carbocycles. The molecule has 0 saturated carbocycles. The number of H-pyrrole nitrogens is 1. The van der Waals surface area contributed by atoms with Crippen LogP contribution in [0, 0.1) is 0 Å². The van der Waals surface area contributed by atoms with Crippen molar-refractivity contribution >= 4 is 40.1 Å². The number of carbonyl (C=O) groups is 1. The Morgan fingerprint density at radius 2 is 1.72 bits per heavy atom. The van der Waals surface area contributed by atoms with E-state index < -0.39 is 0 Å². The number of benzene rings is 4. The van der Waals surface area contributed by atoms with Gasteiger partial charge in [0.25, 0.3) is 0 Å². The first-order valence-electron chi connectivity index (χ1n) is 11.4. The van der Waals surface area contributed by atoms with Gasteiger partial charge in [0.15, 0.2) is 17.3 Å². The highest BCUT2D eigenvalue weighted by atomic mass is 35.5. The van der Waals surface area contributed by atoms with E-state index in [4.69, 9.17) is 21.1 Å². The molecule has 1 aromatic heterocycles. The van der Waals surface area contributed by atoms with Crippen molar-refractivity contribution in [2.75, 3.05) is 7.11 Å². The SMILES string of the molecule is COc1cc(/C=C(/C(=O)c2cccc(Cl)c2)c2nc3ccccc3[nH]2)ccc1OCc1ccccc1. The third kappa shape index (κ3) is 5.16. The standard InChI is InChI=1S/C30H23ClN2O3/c1-35-28-17-21(14-15-27(28)36-19-20-8-3-2-4-9-20)16-24(29(34)22-10-7-11-23(31)18-22)30-32-25-12-5-6-13-26(25)33-30/h2-18H,19H2,1H3,(H,32,33)/b24-16-. The first-order chi connectivity index (χ1) is 17.6. The van der Waals surface area contributed by atoms with Gasteiger partial charge in [0, 0.05) is 10.6 Å². The van der Waals surface area contributed by atoms with E-state index in [1.165, 1.54) is 0 Å². The van der Waals surface area contributed by atoms with Gasteiger partial charge in [-0.2, -0.15) is 0 Å². The van der Waals surface area contributed by atoms with Crippen LogP contribution in [0.15, 0.2) is 97.1 Å². The first-order valence-corrected chi connectivity index (χ1v) is 11.8. The molecule has 0 bridgehead atoms. The lowest BCUT2D eigenvalue weighted by Crippen LogP contribution is -2.04. The summed E-state index contributed by atoms with van der Waals surface area (Å²) in [6, 6.07) is 30.0. The summed E-state index contributed by atoms with van der Waals surface area (Å²) >= 11 is 6.17. The fraction of sp³-hybridized carbons (Fsp3) is 0.0667. The molecule has 5 rings (SSSR count). The summed E-state index contributed by atoms with van der Waals surface area (Å²) in [6.45, 7) is 0.421. The third-order valence-corrected chi connectivity index (χ3v) is 5.95. The summed E-state index contributed by atoms with van der Waals surface area (Å²) in [6.07, 6.45) is 1.80. The van der Waals surface area contributed by atoms with E-state index in [1.54, 1.807) is 37.5 Å². The molecule has 0 aliphatic heterocycles. The van der Waals surface area contributed by atoms with Crippen LogP contribution in [0.2, 0.25) is 5.02 Å². The molecule has 0 aliphatic carbocycles. The fourth-order valence-corrected chi connectivity index (χ4v) is 4.09. The molecule has 0 unspecified atom stereocenters. The number of Topliss-reactive ketones (excluding diaryl/α,β-unsaturated/α-hetero) is 1. The highest BCUT2D eigenvalue weighted by molar-refractivity contribution is 6.34. The predicted molar refractivity (Wildman–Crippen MR) is 144 cm³/mol. The molecule has 36 heavy (non-hydrogen) atoms. The number of nitrogens with zero attached hydrogens (tertiary/aromatic N) is 1. The van der Waals surface area contributed by atoms with Gasteiger partial charge in [0.1, 0.15) is 12.4 Å². The summed E-state index contributed by atoms with van der Waals surface area (Å²) in [5.74, 6) is 1.47. The van der Waals surface area contributed by atoms with E-state index in [9.17, 15) is 4.79 Å². The van der Waals surface area contributed by atoms with Gasteiger partial charge < -0.3 is 14.5 Å². The minimum Gasteiger partial charge on any atom is -0.493 e. The fourth-order valence-electron chi connectivity index (χ4n) is 3.90. The van der Waals surface area contributed by atoms with Gasteiger partial charge in [-0.05, 0) is 53.6 Å². The van der Waals surface area contributed by atoms with Crippen LogP contribution in [0.4, 0.5) is 0 Å². The number of allylic oxidation sites excluding steroid dienone is 1. The lowest BCUT2D eigenvalue weighted by atomic mass is 10.00. The van der Waals surface area contributed by atoms with Gasteiger partial charge >= 0.3 is 0 Å². The predicted octanol–water partition coefficient (Wildman–Crippen LogP) is 7.23. The minimum atomic E-state index is -0.195. The molecule has 0 amide bonds. The minimum absolute atomic E-state index is 0.195. The number of ketones is 1. The summed E-state index contributed by atoms with van der Waals surface area (Å²) in [5, 5.41) is 0.492. The average molecular weight is 495 g/mol. The Balaban J connectivity index is 1.53. The Hall–Kier alpha value is -4.35. The number of para-hydroxylation sites is 2. The van der Waals surface area contributed by atoms with E-state index in [0.29, 0.717) is 40.1 Å². The summed E-state index contributed by atoms with van der Waals surface area (Å²) < 4.78 is 11.6. The van der Waals surface area contributed by atoms with E-state index in [0.717, 1.165) is 22.2 Å². The Kier molecular flexibility index (Phi) is 6.83. The smallest absolute Gasteiger partial charge is 0.196 e. The maximum Gasteiger partial charge on any atom is 0.196 e. The number of halogens is 1. The normalized spacial score (nSPS) is 11.4. The number of fused-ring (bicyclic) bond motifs is 1. The number of methoxy groups -OCH3 is 1. The molecular formula is C30H23ClN2O3. The molecule has 6 heteroatoms. The van der Waals surface area contributed by atoms with Gasteiger partial charge in [-0.1, -0.05) is 72.3 Å². The van der Waals surface area contributed by atoms with Crippen LogP contribution in [0.1, 0.15) is 27.3 Å². The quantitative estimate of drug-likeness (QED) is 0.182. The van der Waals surface area contributed by atoms with Crippen LogP contribution in [-0.4, -0.2) is 22.9 Å². The van der Waals surface area contributed by atoms with Crippen LogP contribution in [0.25, 0.3) is 22.7 Å². The molecule has 1 N–H and O–H groups in total. The molecule has 178 valence electrons. The number of ether oxygens (including phenoxy) is 2. The lowest BCUT2D eigenvalue weighted by Gasteiger charge is -2.12. The first kappa shape index (κ1) is 23.4. The molecule has 0 radical (unpaired) electrons. The zero-order chi connectivity index (χ0) is 24.9. The van der Waals surface area contributed by atoms with E-state index >= 15 is 0 Å². The monoisotopic (exact) mass is 494 g/mol. The Labute approximate surface area is 214 Å². The van der Waals surface area contributed by atoms with Crippen molar-refractivity contribution in [1.82, 2.24) is 9.97 Å². The molecule has 5 aromatic rings. The molecule has 0 atom stereocenters. The molecule has 0 fully saturated rings. The van der Waals surface area contributed by atoms with Gasteiger partial charge in [0.2, 0.25) is 0 Å². The maximum atomic E-state index is 13.6. The Morgan fingerprint density at radius 3 is 2.50 bits per heavy atom. The maximum absolute atomic E-state index is 13.6. The number of hydrogen-bond acceptors (Lipinski definition) is 4. The van der Waals surface area contributed by atoms with Crippen molar-refractivity contribution in [2.24, 2.45) is 0 Å². The summed E-state index contributed by atoms with van der Waals surface area (Å²) in [4.78, 5) is 21.6. The van der Waals surface area contributed by atoms with Crippen LogP contribution < -0.4 is 9.47 Å². The van der Waals surface area contributed by atoms with Gasteiger partial charge in [0.05, 0.1) is 23.7 Å². The Morgan fingerprint density at radius 1 is 0.917 bits per heavy atom. The number of aromatic amines is 1. The number of imidazole rings is 1. The van der Waals surface area contributed by atoms with Crippen LogP contribution in [0.3, 0.4) is 0 Å². The number of carbonyl (C=O) groups excluding carboxylic acids is 1. The van der Waals surface area contributed by atoms with Crippen LogP contribution >= 0.6 is 11.6 Å². The molecule has 0 saturated heterocycles. The van der Waals surface area contributed by atoms with E-state index in [-0.39, 0.29) is 5.78 Å². The molecule has 0 spiro atoms. The number of rotatable bonds is 8. The second-order valence-corrected chi connectivity index (χ2v) is 8.62. The summed E-state index contributed by atoms with van der Waals surface area (Å²) in [5.41, 5.74) is 4.34. The van der Waals surface area contributed by atoms with Crippen LogP contribution in [-0.2, 0) is 6.61 Å². The second-order valence-electron chi connectivity index (χ2n) is 8.18. The Bertz CT molecular complexity index is 1520. The zero-order valence-corrected chi connectivity index (χ0v) is 20.3. The highest BCUT2D eigenvalue weighted by Crippen LogP contribution is 2.31. The van der Waals surface area contributed by atoms with Gasteiger partial charge in [-0.15, -0.1) is 0 Å². The zero-order valence-electron chi connectivity index (χ0n) is 19.6. The number of aromatic nitrogens is 2. The van der Waals surface area contributed by atoms with Crippen molar-refractivity contribution in [2.45, 2.75) is 6.61 Å². The van der Waals surface area contributed by atoms with Gasteiger partial charge in [-0.3, -0.25) is 4.79 Å². The molecule has 5 nitrogen and oxygen atoms in total. The van der Waals surface area contributed by atoms with E-state index in [2.05, 4.69) is 9.97 Å². The van der Waals surface area contributed by atoms with Gasteiger partial charge in [-0.25, -0.2) is 4.98 Å².